The lowest BCUT2D eigenvalue weighted by Crippen LogP contribution is -2.37. The zero-order chi connectivity index (χ0) is 20.8. The van der Waals surface area contributed by atoms with Crippen molar-refractivity contribution in [2.75, 3.05) is 0 Å². The highest BCUT2D eigenvalue weighted by Crippen LogP contribution is 2.55. The van der Waals surface area contributed by atoms with Crippen LogP contribution in [0.15, 0.2) is 47.5 Å². The van der Waals surface area contributed by atoms with E-state index in [4.69, 9.17) is 0 Å². The smallest absolute Gasteiger partial charge is 0.134 e. The summed E-state index contributed by atoms with van der Waals surface area (Å²) in [6.45, 7) is 10.3. The molecule has 2 atom stereocenters. The van der Waals surface area contributed by atoms with Gasteiger partial charge in [0.25, 0.3) is 0 Å². The van der Waals surface area contributed by atoms with Crippen LogP contribution in [-0.4, -0.2) is 16.1 Å². The van der Waals surface area contributed by atoms with E-state index < -0.39 is 31.2 Å². The molecule has 2 unspecified atom stereocenters. The van der Waals surface area contributed by atoms with Crippen molar-refractivity contribution in [1.29, 1.82) is 0 Å². The molecule has 0 saturated carbocycles. The Hall–Kier alpha value is -1.50. The Morgan fingerprint density at radius 3 is 1.68 bits per heavy atom. The van der Waals surface area contributed by atoms with E-state index in [9.17, 15) is 17.6 Å². The molecule has 0 fully saturated rings. The fourth-order valence-corrected chi connectivity index (χ4v) is 8.65. The zero-order valence-electron chi connectivity index (χ0n) is 16.4. The molecule has 0 nitrogen and oxygen atoms in total. The first kappa shape index (κ1) is 21.2. The maximum Gasteiger partial charge on any atom is 0.134 e. The van der Waals surface area contributed by atoms with E-state index in [0.717, 1.165) is 20.3 Å². The van der Waals surface area contributed by atoms with E-state index in [1.807, 2.05) is 6.92 Å². The highest BCUT2D eigenvalue weighted by molar-refractivity contribution is 7.74. The average Bonchev–Trinajstić information content (AvgIpc) is 2.82. The van der Waals surface area contributed by atoms with Crippen molar-refractivity contribution >= 4 is 32.0 Å². The van der Waals surface area contributed by atoms with Gasteiger partial charge in [0.2, 0.25) is 0 Å². The normalized spacial score (nSPS) is 21.3. The topological polar surface area (TPSA) is 0 Å². The number of benzene rings is 2. The second-order valence-corrected chi connectivity index (χ2v) is 11.6. The van der Waals surface area contributed by atoms with E-state index in [1.165, 1.54) is 40.7 Å². The number of rotatable bonds is 4. The summed E-state index contributed by atoms with van der Waals surface area (Å²) in [5.74, 6) is -2.74. The van der Waals surface area contributed by atoms with Crippen LogP contribution in [0.5, 0.6) is 0 Å². The van der Waals surface area contributed by atoms with Crippen LogP contribution in [-0.2, 0) is 0 Å². The first-order valence-corrected chi connectivity index (χ1v) is 11.3. The molecule has 0 spiro atoms. The Morgan fingerprint density at radius 1 is 0.857 bits per heavy atom. The van der Waals surface area contributed by atoms with Gasteiger partial charge < -0.3 is 0 Å². The molecule has 3 rings (SSSR count). The lowest BCUT2D eigenvalue weighted by Gasteiger charge is -2.38. The van der Waals surface area contributed by atoms with Gasteiger partial charge in [-0.25, -0.2) is 17.6 Å². The molecule has 2 aromatic carbocycles. The minimum Gasteiger partial charge on any atom is -0.207 e. The predicted octanol–water partition coefficient (Wildman–Crippen LogP) is 6.31. The highest BCUT2D eigenvalue weighted by atomic mass is 31.1. The molecule has 0 N–H and O–H groups in total. The van der Waals surface area contributed by atoms with Crippen LogP contribution < -0.4 is 10.6 Å². The maximum atomic E-state index is 14.8. The molecule has 28 heavy (non-hydrogen) atoms. The second kappa shape index (κ2) is 7.73. The Kier molecular flexibility index (Phi) is 5.86. The lowest BCUT2D eigenvalue weighted by molar-refractivity contribution is 0.587. The molecule has 2 aromatic rings. The average molecular weight is 424 g/mol. The number of hydrogen-bond donors (Lipinski definition) is 0. The first-order chi connectivity index (χ1) is 13.1. The molecule has 1 heterocycles. The minimum absolute atomic E-state index is 0.156. The molecule has 0 saturated heterocycles. The van der Waals surface area contributed by atoms with Crippen molar-refractivity contribution in [3.05, 3.63) is 70.8 Å². The quantitative estimate of drug-likeness (QED) is 0.399. The Bertz CT molecular complexity index is 945. The summed E-state index contributed by atoms with van der Waals surface area (Å²) < 4.78 is 56.6. The fraction of sp³-hybridized carbons (Fsp3) is 0.318. The summed E-state index contributed by atoms with van der Waals surface area (Å²) in [6, 6.07) is 6.85. The van der Waals surface area contributed by atoms with Gasteiger partial charge in [0, 0.05) is 33.6 Å². The lowest BCUT2D eigenvalue weighted by atomic mass is 9.93. The van der Waals surface area contributed by atoms with Crippen molar-refractivity contribution in [1.82, 2.24) is 0 Å². The molecule has 0 radical (unpaired) electrons. The molecule has 6 heteroatoms. The predicted molar refractivity (Wildman–Crippen MR) is 113 cm³/mol. The SMILES string of the molecule is CC1=PC(C)(C(C)P(c2ccc(F)cc2F)c2ccc(F)cc2F)C(C)=C1C. The molecule has 0 aliphatic carbocycles. The van der Waals surface area contributed by atoms with Crippen LogP contribution in [0.3, 0.4) is 0 Å². The standard InChI is InChI=1S/C22H22F4P2/c1-12-13(2)22(5,27-14(12)3)15(4)28(20-8-6-16(23)10-18(20)25)21-9-7-17(24)11-19(21)26/h6-11,15H,1-5H3. The van der Waals surface area contributed by atoms with Gasteiger partial charge >= 0.3 is 0 Å². The molecule has 148 valence electrons. The van der Waals surface area contributed by atoms with Gasteiger partial charge in [0.15, 0.2) is 0 Å². The van der Waals surface area contributed by atoms with E-state index >= 15 is 0 Å². The molecular formula is C22H22F4P2. The summed E-state index contributed by atoms with van der Waals surface area (Å²) in [5, 5.41) is 1.48. The number of halogens is 4. The van der Waals surface area contributed by atoms with Gasteiger partial charge in [-0.05, 0) is 70.7 Å². The van der Waals surface area contributed by atoms with Gasteiger partial charge in [-0.2, -0.15) is 0 Å². The second-order valence-electron chi connectivity index (χ2n) is 7.33. The highest BCUT2D eigenvalue weighted by Gasteiger charge is 2.43. The van der Waals surface area contributed by atoms with Crippen molar-refractivity contribution < 1.29 is 17.6 Å². The monoisotopic (exact) mass is 424 g/mol. The summed E-state index contributed by atoms with van der Waals surface area (Å²) in [4.78, 5) is 0. The van der Waals surface area contributed by atoms with Crippen molar-refractivity contribution in [3.8, 4) is 0 Å². The van der Waals surface area contributed by atoms with Gasteiger partial charge in [-0.3, -0.25) is 0 Å². The first-order valence-electron chi connectivity index (χ1n) is 9.00. The molecule has 0 bridgehead atoms. The summed E-state index contributed by atoms with van der Waals surface area (Å²) in [7, 11) is -0.442. The third-order valence-electron chi connectivity index (χ3n) is 5.80. The van der Waals surface area contributed by atoms with Crippen molar-refractivity contribution in [3.63, 3.8) is 0 Å². The minimum atomic E-state index is -1.54. The Morgan fingerprint density at radius 2 is 1.32 bits per heavy atom. The fourth-order valence-electron chi connectivity index (χ4n) is 3.73. The zero-order valence-corrected chi connectivity index (χ0v) is 18.2. The van der Waals surface area contributed by atoms with Crippen molar-refractivity contribution in [2.24, 2.45) is 0 Å². The molecule has 1 aliphatic rings. The van der Waals surface area contributed by atoms with Crippen LogP contribution in [0.25, 0.3) is 0 Å². The van der Waals surface area contributed by atoms with Crippen LogP contribution in [0.4, 0.5) is 17.6 Å². The third-order valence-corrected chi connectivity index (χ3v) is 10.9. The molecule has 0 amide bonds. The van der Waals surface area contributed by atoms with Crippen molar-refractivity contribution in [2.45, 2.75) is 45.4 Å². The number of hydrogen-bond acceptors (Lipinski definition) is 0. The maximum absolute atomic E-state index is 14.8. The van der Waals surface area contributed by atoms with Gasteiger partial charge in [-0.1, -0.05) is 20.7 Å². The molecule has 1 aliphatic heterocycles. The van der Waals surface area contributed by atoms with Gasteiger partial charge in [0.1, 0.15) is 23.3 Å². The van der Waals surface area contributed by atoms with E-state index in [1.54, 1.807) is 0 Å². The molecule has 0 aromatic heterocycles. The Labute approximate surface area is 166 Å². The van der Waals surface area contributed by atoms with Crippen LogP contribution in [0, 0.1) is 23.3 Å². The van der Waals surface area contributed by atoms with Gasteiger partial charge in [-0.15, -0.1) is 0 Å². The summed E-state index contributed by atoms with van der Waals surface area (Å²) >= 11 is 0. The number of allylic oxidation sites excluding steroid dienone is 2. The summed E-state index contributed by atoms with van der Waals surface area (Å²) in [5.41, 5.74) is 2.25. The van der Waals surface area contributed by atoms with Gasteiger partial charge in [0.05, 0.1) is 0 Å². The third kappa shape index (κ3) is 3.58. The Balaban J connectivity index is 2.22. The molecular weight excluding hydrogens is 402 g/mol. The van der Waals surface area contributed by atoms with E-state index in [-0.39, 0.29) is 21.4 Å². The van der Waals surface area contributed by atoms with E-state index in [0.29, 0.717) is 0 Å². The summed E-state index contributed by atoms with van der Waals surface area (Å²) in [6.07, 6.45) is 0. The largest absolute Gasteiger partial charge is 0.207 e. The van der Waals surface area contributed by atoms with Crippen LogP contribution >= 0.6 is 16.1 Å². The van der Waals surface area contributed by atoms with E-state index in [2.05, 4.69) is 27.7 Å². The van der Waals surface area contributed by atoms with Crippen LogP contribution in [0.2, 0.25) is 0 Å². The van der Waals surface area contributed by atoms with Crippen LogP contribution in [0.1, 0.15) is 34.6 Å².